The standard InChI is InChI=1S/C14H15N3O2S/c1-19-9-17-11-8-10(4-7-18)2-3-12(11)20-14-13(17)15-5-6-16-14/h2-3,5-6,8,18H,4,7,9H2,1H3. The lowest BCUT2D eigenvalue weighted by Crippen LogP contribution is -2.24. The first-order chi connectivity index (χ1) is 9.83. The number of fused-ring (bicyclic) bond motifs is 2. The van der Waals surface area contributed by atoms with E-state index in [1.165, 1.54) is 0 Å². The van der Waals surface area contributed by atoms with Gasteiger partial charge < -0.3 is 9.84 Å². The first-order valence-electron chi connectivity index (χ1n) is 6.32. The van der Waals surface area contributed by atoms with Crippen LogP contribution in [0.4, 0.5) is 11.5 Å². The summed E-state index contributed by atoms with van der Waals surface area (Å²) in [6.07, 6.45) is 4.03. The van der Waals surface area contributed by atoms with Gasteiger partial charge >= 0.3 is 0 Å². The minimum absolute atomic E-state index is 0.145. The Morgan fingerprint density at radius 1 is 1.30 bits per heavy atom. The molecule has 6 heteroatoms. The lowest BCUT2D eigenvalue weighted by molar-refractivity contribution is 0.204. The molecule has 0 radical (unpaired) electrons. The monoisotopic (exact) mass is 289 g/mol. The summed E-state index contributed by atoms with van der Waals surface area (Å²) in [6, 6.07) is 6.18. The van der Waals surface area contributed by atoms with E-state index < -0.39 is 0 Å². The molecule has 20 heavy (non-hydrogen) atoms. The van der Waals surface area contributed by atoms with Crippen LogP contribution in [0.2, 0.25) is 0 Å². The molecule has 0 saturated heterocycles. The normalized spacial score (nSPS) is 13.0. The van der Waals surface area contributed by atoms with Gasteiger partial charge in [0.25, 0.3) is 0 Å². The van der Waals surface area contributed by atoms with Crippen LogP contribution in [0.1, 0.15) is 5.56 Å². The highest BCUT2D eigenvalue weighted by Crippen LogP contribution is 2.46. The molecule has 0 saturated carbocycles. The van der Waals surface area contributed by atoms with E-state index in [-0.39, 0.29) is 6.61 Å². The second-order valence-corrected chi connectivity index (χ2v) is 5.44. The highest BCUT2D eigenvalue weighted by Gasteiger charge is 2.25. The summed E-state index contributed by atoms with van der Waals surface area (Å²) in [4.78, 5) is 11.9. The largest absolute Gasteiger partial charge is 0.396 e. The van der Waals surface area contributed by atoms with Crippen molar-refractivity contribution in [2.24, 2.45) is 0 Å². The zero-order valence-electron chi connectivity index (χ0n) is 11.1. The van der Waals surface area contributed by atoms with Crippen molar-refractivity contribution in [2.45, 2.75) is 16.3 Å². The van der Waals surface area contributed by atoms with Gasteiger partial charge in [0.15, 0.2) is 5.82 Å². The molecule has 0 fully saturated rings. The van der Waals surface area contributed by atoms with Gasteiger partial charge in [0.2, 0.25) is 0 Å². The van der Waals surface area contributed by atoms with Crippen molar-refractivity contribution >= 4 is 23.3 Å². The van der Waals surface area contributed by atoms with Crippen LogP contribution < -0.4 is 4.90 Å². The third-order valence-corrected chi connectivity index (χ3v) is 4.13. The fourth-order valence-electron chi connectivity index (χ4n) is 2.20. The van der Waals surface area contributed by atoms with Crippen molar-refractivity contribution in [3.05, 3.63) is 36.2 Å². The second kappa shape index (κ2) is 5.78. The summed E-state index contributed by atoms with van der Waals surface area (Å²) in [5.74, 6) is 0.813. The number of benzene rings is 1. The third-order valence-electron chi connectivity index (χ3n) is 3.08. The van der Waals surface area contributed by atoms with Gasteiger partial charge in [0.05, 0.1) is 5.69 Å². The number of methoxy groups -OCH3 is 1. The van der Waals surface area contributed by atoms with Crippen molar-refractivity contribution in [3.63, 3.8) is 0 Å². The Kier molecular flexibility index (Phi) is 3.86. The second-order valence-electron chi connectivity index (χ2n) is 4.41. The molecule has 104 valence electrons. The summed E-state index contributed by atoms with van der Waals surface area (Å²) in [5, 5.41) is 9.97. The van der Waals surface area contributed by atoms with E-state index >= 15 is 0 Å². The van der Waals surface area contributed by atoms with E-state index in [0.29, 0.717) is 13.2 Å². The molecule has 0 aliphatic carbocycles. The molecular weight excluding hydrogens is 274 g/mol. The van der Waals surface area contributed by atoms with Gasteiger partial charge in [-0.25, -0.2) is 9.97 Å². The van der Waals surface area contributed by atoms with Crippen LogP contribution in [0.25, 0.3) is 0 Å². The summed E-state index contributed by atoms with van der Waals surface area (Å²) in [7, 11) is 1.66. The quantitative estimate of drug-likeness (QED) is 0.931. The molecule has 2 aromatic rings. The Hall–Kier alpha value is -1.63. The molecule has 0 spiro atoms. The first kappa shape index (κ1) is 13.4. The van der Waals surface area contributed by atoms with Crippen LogP contribution in [-0.2, 0) is 11.2 Å². The molecule has 0 unspecified atom stereocenters. The van der Waals surface area contributed by atoms with E-state index in [0.717, 1.165) is 27.0 Å². The minimum atomic E-state index is 0.145. The predicted molar refractivity (Wildman–Crippen MR) is 77.4 cm³/mol. The minimum Gasteiger partial charge on any atom is -0.396 e. The third kappa shape index (κ3) is 2.37. The highest BCUT2D eigenvalue weighted by molar-refractivity contribution is 7.99. The van der Waals surface area contributed by atoms with Crippen LogP contribution in [-0.4, -0.2) is 35.5 Å². The Morgan fingerprint density at radius 2 is 2.15 bits per heavy atom. The Labute approximate surface area is 121 Å². The van der Waals surface area contributed by atoms with Crippen LogP contribution in [0, 0.1) is 0 Å². The number of ether oxygens (including phenoxy) is 1. The van der Waals surface area contributed by atoms with Crippen LogP contribution in [0.3, 0.4) is 0 Å². The van der Waals surface area contributed by atoms with Crippen LogP contribution in [0.15, 0.2) is 40.5 Å². The maximum absolute atomic E-state index is 9.08. The van der Waals surface area contributed by atoms with Gasteiger partial charge in [-0.2, -0.15) is 0 Å². The number of anilines is 2. The number of aliphatic hydroxyl groups excluding tert-OH is 1. The summed E-state index contributed by atoms with van der Waals surface area (Å²) < 4.78 is 5.29. The molecule has 1 aliphatic heterocycles. The number of aliphatic hydroxyl groups is 1. The van der Waals surface area contributed by atoms with Gasteiger partial charge in [-0.15, -0.1) is 0 Å². The summed E-state index contributed by atoms with van der Waals surface area (Å²) in [6.45, 7) is 0.564. The molecule has 1 aromatic heterocycles. The molecule has 0 atom stereocenters. The van der Waals surface area contributed by atoms with Gasteiger partial charge in [0, 0.05) is 31.0 Å². The number of nitrogens with zero attached hydrogens (tertiary/aromatic N) is 3. The molecule has 5 nitrogen and oxygen atoms in total. The molecule has 0 amide bonds. The fraction of sp³-hybridized carbons (Fsp3) is 0.286. The molecule has 1 aliphatic rings. The SMILES string of the molecule is COCN1c2cc(CCO)ccc2Sc2nccnc21. The van der Waals surface area contributed by atoms with Crippen molar-refractivity contribution in [1.29, 1.82) is 0 Å². The Balaban J connectivity index is 2.06. The number of hydrogen-bond donors (Lipinski definition) is 1. The van der Waals surface area contributed by atoms with Crippen LogP contribution in [0.5, 0.6) is 0 Å². The topological polar surface area (TPSA) is 58.5 Å². The zero-order valence-corrected chi connectivity index (χ0v) is 11.9. The van der Waals surface area contributed by atoms with Gasteiger partial charge in [-0.05, 0) is 24.1 Å². The maximum Gasteiger partial charge on any atom is 0.168 e. The lowest BCUT2D eigenvalue weighted by atomic mass is 10.1. The molecule has 1 N–H and O–H groups in total. The summed E-state index contributed by atoms with van der Waals surface area (Å²) >= 11 is 1.61. The van der Waals surface area contributed by atoms with Crippen molar-refractivity contribution in [1.82, 2.24) is 9.97 Å². The number of aromatic nitrogens is 2. The molecule has 2 heterocycles. The van der Waals surface area contributed by atoms with Crippen molar-refractivity contribution in [3.8, 4) is 0 Å². The maximum atomic E-state index is 9.08. The average molecular weight is 289 g/mol. The van der Waals surface area contributed by atoms with Crippen LogP contribution >= 0.6 is 11.8 Å². The zero-order chi connectivity index (χ0) is 13.9. The molecule has 1 aromatic carbocycles. The molecular formula is C14H15N3O2S. The predicted octanol–water partition coefficient (Wildman–Crippen LogP) is 2.22. The number of rotatable bonds is 4. The average Bonchev–Trinajstić information content (AvgIpc) is 2.48. The fourth-order valence-corrected chi connectivity index (χ4v) is 3.18. The van der Waals surface area contributed by atoms with E-state index in [1.54, 1.807) is 31.3 Å². The van der Waals surface area contributed by atoms with E-state index in [9.17, 15) is 0 Å². The van der Waals surface area contributed by atoms with Gasteiger partial charge in [0.1, 0.15) is 11.8 Å². The van der Waals surface area contributed by atoms with Crippen molar-refractivity contribution in [2.75, 3.05) is 25.3 Å². The smallest absolute Gasteiger partial charge is 0.168 e. The highest BCUT2D eigenvalue weighted by atomic mass is 32.2. The van der Waals surface area contributed by atoms with Crippen molar-refractivity contribution < 1.29 is 9.84 Å². The van der Waals surface area contributed by atoms with E-state index in [2.05, 4.69) is 22.1 Å². The lowest BCUT2D eigenvalue weighted by Gasteiger charge is -2.30. The Bertz CT molecular complexity index is 621. The van der Waals surface area contributed by atoms with E-state index in [1.807, 2.05) is 11.0 Å². The Morgan fingerprint density at radius 3 is 2.95 bits per heavy atom. The van der Waals surface area contributed by atoms with Gasteiger partial charge in [-0.3, -0.25) is 4.90 Å². The molecule has 3 rings (SSSR count). The van der Waals surface area contributed by atoms with E-state index in [4.69, 9.17) is 9.84 Å². The number of hydrogen-bond acceptors (Lipinski definition) is 6. The summed E-state index contributed by atoms with van der Waals surface area (Å²) in [5.41, 5.74) is 2.15. The van der Waals surface area contributed by atoms with Gasteiger partial charge in [-0.1, -0.05) is 17.8 Å². The first-order valence-corrected chi connectivity index (χ1v) is 7.14. The molecule has 0 bridgehead atoms.